The Kier molecular flexibility index (Phi) is 3.05. The van der Waals surface area contributed by atoms with Gasteiger partial charge >= 0.3 is 5.97 Å². The molecule has 1 aromatic carbocycles. The second-order valence-corrected chi connectivity index (χ2v) is 6.13. The van der Waals surface area contributed by atoms with Crippen LogP contribution in [0.5, 0.6) is 0 Å². The van der Waals surface area contributed by atoms with Crippen LogP contribution in [0.1, 0.15) is 42.8 Å². The lowest BCUT2D eigenvalue weighted by molar-refractivity contribution is 0.0665. The first-order valence-corrected chi connectivity index (χ1v) is 6.96. The summed E-state index contributed by atoms with van der Waals surface area (Å²) in [4.78, 5) is 13.4. The highest BCUT2D eigenvalue weighted by Crippen LogP contribution is 2.30. The molecule has 106 valence electrons. The zero-order valence-electron chi connectivity index (χ0n) is 11.8. The Balaban J connectivity index is 1.87. The van der Waals surface area contributed by atoms with E-state index in [1.807, 2.05) is 18.2 Å². The second-order valence-electron chi connectivity index (χ2n) is 6.13. The molecule has 0 aliphatic carbocycles. The first-order chi connectivity index (χ1) is 9.45. The van der Waals surface area contributed by atoms with Gasteiger partial charge in [-0.1, -0.05) is 6.07 Å². The van der Waals surface area contributed by atoms with Crippen molar-refractivity contribution in [3.8, 4) is 0 Å². The number of hydrogen-bond acceptors (Lipinski definition) is 3. The Hall–Kier alpha value is -1.81. The lowest BCUT2D eigenvalue weighted by Crippen LogP contribution is -2.37. The Morgan fingerprint density at radius 2 is 2.20 bits per heavy atom. The fourth-order valence-electron chi connectivity index (χ4n) is 2.97. The van der Waals surface area contributed by atoms with E-state index in [9.17, 15) is 4.79 Å². The van der Waals surface area contributed by atoms with Gasteiger partial charge in [-0.2, -0.15) is 0 Å². The van der Waals surface area contributed by atoms with Gasteiger partial charge in [0.25, 0.3) is 0 Å². The molecule has 1 fully saturated rings. The molecule has 1 aromatic heterocycles. The summed E-state index contributed by atoms with van der Waals surface area (Å²) in [5.41, 5.74) is 2.08. The lowest BCUT2D eigenvalue weighted by Gasteiger charge is -2.31. The number of carbonyl (C=O) groups is 1. The molecular formula is C16H19NO3. The molecule has 4 nitrogen and oxygen atoms in total. The number of nitrogens with zero attached hydrogens (tertiary/aromatic N) is 1. The molecule has 0 unspecified atom stereocenters. The first-order valence-electron chi connectivity index (χ1n) is 6.96. The number of fused-ring (bicyclic) bond motifs is 1. The Morgan fingerprint density at radius 1 is 1.40 bits per heavy atom. The third-order valence-electron chi connectivity index (χ3n) is 4.24. The van der Waals surface area contributed by atoms with E-state index in [0.717, 1.165) is 18.5 Å². The van der Waals surface area contributed by atoms with Crippen LogP contribution in [0.25, 0.3) is 11.0 Å². The van der Waals surface area contributed by atoms with Crippen LogP contribution in [0, 0.1) is 0 Å². The summed E-state index contributed by atoms with van der Waals surface area (Å²) >= 11 is 0. The maximum Gasteiger partial charge on any atom is 0.371 e. The highest BCUT2D eigenvalue weighted by atomic mass is 16.4. The van der Waals surface area contributed by atoms with Gasteiger partial charge in [0.15, 0.2) is 0 Å². The molecule has 20 heavy (non-hydrogen) atoms. The van der Waals surface area contributed by atoms with Gasteiger partial charge in [0, 0.05) is 17.5 Å². The monoisotopic (exact) mass is 273 g/mol. The van der Waals surface area contributed by atoms with Crippen molar-refractivity contribution in [2.24, 2.45) is 0 Å². The summed E-state index contributed by atoms with van der Waals surface area (Å²) < 4.78 is 5.28. The molecule has 0 radical (unpaired) electrons. The van der Waals surface area contributed by atoms with E-state index in [1.165, 1.54) is 18.4 Å². The average molecular weight is 273 g/mol. The number of benzene rings is 1. The van der Waals surface area contributed by atoms with E-state index in [1.54, 1.807) is 6.07 Å². The molecular weight excluding hydrogens is 254 g/mol. The van der Waals surface area contributed by atoms with Crippen LogP contribution in [0.2, 0.25) is 0 Å². The zero-order chi connectivity index (χ0) is 14.3. The average Bonchev–Trinajstić information content (AvgIpc) is 2.93. The first kappa shape index (κ1) is 13.2. The van der Waals surface area contributed by atoms with E-state index in [-0.39, 0.29) is 11.3 Å². The van der Waals surface area contributed by atoms with Crippen molar-refractivity contribution in [1.29, 1.82) is 0 Å². The molecule has 0 bridgehead atoms. The highest BCUT2D eigenvalue weighted by Gasteiger charge is 2.31. The van der Waals surface area contributed by atoms with E-state index in [4.69, 9.17) is 9.52 Å². The predicted octanol–water partition coefficient (Wildman–Crippen LogP) is 3.51. The zero-order valence-corrected chi connectivity index (χ0v) is 11.8. The molecule has 0 atom stereocenters. The van der Waals surface area contributed by atoms with Crippen LogP contribution < -0.4 is 0 Å². The summed E-state index contributed by atoms with van der Waals surface area (Å²) in [7, 11) is 0. The molecule has 0 saturated carbocycles. The van der Waals surface area contributed by atoms with Crippen molar-refractivity contribution in [2.45, 2.75) is 38.8 Å². The van der Waals surface area contributed by atoms with Crippen molar-refractivity contribution in [3.63, 3.8) is 0 Å². The summed E-state index contributed by atoms with van der Waals surface area (Å²) in [5.74, 6) is -1.03. The van der Waals surface area contributed by atoms with Gasteiger partial charge in [-0.25, -0.2) is 4.79 Å². The smallest absolute Gasteiger partial charge is 0.371 e. The minimum absolute atomic E-state index is 0.00125. The number of furan rings is 1. The summed E-state index contributed by atoms with van der Waals surface area (Å²) in [5, 5.41) is 9.81. The third kappa shape index (κ3) is 2.31. The minimum atomic E-state index is -1.02. The van der Waals surface area contributed by atoms with Gasteiger partial charge in [0.05, 0.1) is 0 Å². The van der Waals surface area contributed by atoms with Gasteiger partial charge in [0.2, 0.25) is 5.76 Å². The molecule has 4 heteroatoms. The van der Waals surface area contributed by atoms with Gasteiger partial charge in [-0.05, 0) is 57.0 Å². The standard InChI is InChI=1S/C16H19NO3/c1-16(2)6-3-7-17(16)10-11-4-5-13-12(8-11)9-14(20-13)15(18)19/h4-5,8-9H,3,6-7,10H2,1-2H3,(H,18,19). The number of likely N-dealkylation sites (tertiary alicyclic amines) is 1. The molecule has 1 N–H and O–H groups in total. The summed E-state index contributed by atoms with van der Waals surface area (Å²) in [6.45, 7) is 6.57. The quantitative estimate of drug-likeness (QED) is 0.929. The van der Waals surface area contributed by atoms with E-state index in [2.05, 4.69) is 18.7 Å². The normalized spacial score (nSPS) is 18.7. The fourth-order valence-corrected chi connectivity index (χ4v) is 2.97. The molecule has 2 aromatic rings. The topological polar surface area (TPSA) is 53.7 Å². The highest BCUT2D eigenvalue weighted by molar-refractivity contribution is 5.91. The van der Waals surface area contributed by atoms with Crippen LogP contribution in [0.15, 0.2) is 28.7 Å². The Labute approximate surface area is 118 Å². The maximum absolute atomic E-state index is 10.9. The van der Waals surface area contributed by atoms with E-state index in [0.29, 0.717) is 5.58 Å². The third-order valence-corrected chi connectivity index (χ3v) is 4.24. The van der Waals surface area contributed by atoms with Crippen molar-refractivity contribution >= 4 is 16.9 Å². The van der Waals surface area contributed by atoms with E-state index >= 15 is 0 Å². The number of carboxylic acid groups (broad SMARTS) is 1. The van der Waals surface area contributed by atoms with Crippen LogP contribution in [-0.2, 0) is 6.54 Å². The molecule has 2 heterocycles. The fraction of sp³-hybridized carbons (Fsp3) is 0.438. The summed E-state index contributed by atoms with van der Waals surface area (Å²) in [6, 6.07) is 7.50. The van der Waals surface area contributed by atoms with Gasteiger partial charge in [-0.15, -0.1) is 0 Å². The number of rotatable bonds is 3. The Morgan fingerprint density at radius 3 is 2.85 bits per heavy atom. The summed E-state index contributed by atoms with van der Waals surface area (Å²) in [6.07, 6.45) is 2.47. The molecule has 1 saturated heterocycles. The molecule has 1 aliphatic heterocycles. The SMILES string of the molecule is CC1(C)CCCN1Cc1ccc2oc(C(=O)O)cc2c1. The van der Waals surface area contributed by atoms with E-state index < -0.39 is 5.97 Å². The van der Waals surface area contributed by atoms with Crippen molar-refractivity contribution in [2.75, 3.05) is 6.54 Å². The van der Waals surface area contributed by atoms with Crippen LogP contribution in [-0.4, -0.2) is 28.1 Å². The number of hydrogen-bond donors (Lipinski definition) is 1. The second kappa shape index (κ2) is 4.63. The van der Waals surface area contributed by atoms with Crippen molar-refractivity contribution in [1.82, 2.24) is 4.90 Å². The van der Waals surface area contributed by atoms with Crippen LogP contribution >= 0.6 is 0 Å². The van der Waals surface area contributed by atoms with Gasteiger partial charge < -0.3 is 9.52 Å². The molecule has 1 aliphatic rings. The van der Waals surface area contributed by atoms with Gasteiger partial charge in [0.1, 0.15) is 5.58 Å². The minimum Gasteiger partial charge on any atom is -0.475 e. The Bertz CT molecular complexity index is 657. The largest absolute Gasteiger partial charge is 0.475 e. The van der Waals surface area contributed by atoms with Crippen LogP contribution in [0.4, 0.5) is 0 Å². The number of aromatic carboxylic acids is 1. The van der Waals surface area contributed by atoms with Gasteiger partial charge in [-0.3, -0.25) is 4.90 Å². The lowest BCUT2D eigenvalue weighted by atomic mass is 10.0. The van der Waals surface area contributed by atoms with Crippen molar-refractivity contribution < 1.29 is 14.3 Å². The number of carboxylic acids is 1. The maximum atomic E-state index is 10.9. The molecule has 3 rings (SSSR count). The van der Waals surface area contributed by atoms with Crippen molar-refractivity contribution in [3.05, 3.63) is 35.6 Å². The predicted molar refractivity (Wildman–Crippen MR) is 76.9 cm³/mol. The molecule has 0 spiro atoms. The molecule has 0 amide bonds. The van der Waals surface area contributed by atoms with Crippen LogP contribution in [0.3, 0.4) is 0 Å².